The molecule has 1 aliphatic heterocycles. The van der Waals surface area contributed by atoms with Gasteiger partial charge in [-0.05, 0) is 17.7 Å². The monoisotopic (exact) mass is 366 g/mol. The fourth-order valence-electron chi connectivity index (χ4n) is 3.22. The van der Waals surface area contributed by atoms with Gasteiger partial charge in [-0.3, -0.25) is 13.9 Å². The molecule has 3 rings (SSSR count). The van der Waals surface area contributed by atoms with Gasteiger partial charge in [-0.2, -0.15) is 4.31 Å². The number of carbonyl (C=O) groups excluding carboxylic acids is 1. The molecule has 1 amide bonds. The Kier molecular flexibility index (Phi) is 4.46. The van der Waals surface area contributed by atoms with Crippen molar-refractivity contribution in [3.05, 3.63) is 34.2 Å². The Labute approximate surface area is 146 Å². The molecule has 0 atom stereocenters. The summed E-state index contributed by atoms with van der Waals surface area (Å²) in [5.74, 6) is -0.0339. The number of amides is 1. The second kappa shape index (κ2) is 6.30. The zero-order valence-corrected chi connectivity index (χ0v) is 15.4. The van der Waals surface area contributed by atoms with E-state index < -0.39 is 10.0 Å². The summed E-state index contributed by atoms with van der Waals surface area (Å²) in [4.78, 5) is 26.2. The number of sulfonamides is 1. The first kappa shape index (κ1) is 17.7. The molecular formula is C16H22N4O4S. The van der Waals surface area contributed by atoms with Crippen molar-refractivity contribution in [3.8, 4) is 0 Å². The highest BCUT2D eigenvalue weighted by molar-refractivity contribution is 7.88. The van der Waals surface area contributed by atoms with Gasteiger partial charge < -0.3 is 4.90 Å². The van der Waals surface area contributed by atoms with Crippen LogP contribution in [-0.4, -0.2) is 65.1 Å². The van der Waals surface area contributed by atoms with Gasteiger partial charge >= 0.3 is 5.69 Å². The van der Waals surface area contributed by atoms with Gasteiger partial charge in [0.2, 0.25) is 15.9 Å². The zero-order chi connectivity index (χ0) is 18.4. The Morgan fingerprint density at radius 1 is 1.04 bits per heavy atom. The summed E-state index contributed by atoms with van der Waals surface area (Å²) in [5.41, 5.74) is 2.35. The summed E-state index contributed by atoms with van der Waals surface area (Å²) in [7, 11) is 0.224. The molecule has 1 aromatic carbocycles. The Bertz CT molecular complexity index is 981. The zero-order valence-electron chi connectivity index (χ0n) is 14.6. The molecule has 2 aromatic rings. The van der Waals surface area contributed by atoms with E-state index in [-0.39, 0.29) is 18.0 Å². The molecule has 136 valence electrons. The second-order valence-corrected chi connectivity index (χ2v) is 8.43. The molecule has 1 aromatic heterocycles. The van der Waals surface area contributed by atoms with Crippen molar-refractivity contribution in [2.75, 3.05) is 32.4 Å². The van der Waals surface area contributed by atoms with Crippen molar-refractivity contribution in [1.29, 1.82) is 0 Å². The average Bonchev–Trinajstić information content (AvgIpc) is 2.78. The van der Waals surface area contributed by atoms with Crippen LogP contribution in [-0.2, 0) is 35.3 Å². The van der Waals surface area contributed by atoms with E-state index in [9.17, 15) is 18.0 Å². The third kappa shape index (κ3) is 3.34. The van der Waals surface area contributed by atoms with Gasteiger partial charge in [-0.1, -0.05) is 6.07 Å². The van der Waals surface area contributed by atoms with Crippen molar-refractivity contribution in [2.24, 2.45) is 14.1 Å². The molecule has 1 saturated heterocycles. The number of benzene rings is 1. The van der Waals surface area contributed by atoms with Crippen LogP contribution in [0.4, 0.5) is 0 Å². The number of carbonyl (C=O) groups is 1. The molecule has 1 aliphatic rings. The number of aromatic nitrogens is 2. The van der Waals surface area contributed by atoms with E-state index in [2.05, 4.69) is 0 Å². The minimum Gasteiger partial charge on any atom is -0.340 e. The van der Waals surface area contributed by atoms with Gasteiger partial charge in [0.25, 0.3) is 0 Å². The van der Waals surface area contributed by atoms with Gasteiger partial charge in [0.15, 0.2) is 0 Å². The minimum atomic E-state index is -3.20. The quantitative estimate of drug-likeness (QED) is 0.735. The molecule has 9 heteroatoms. The molecular weight excluding hydrogens is 344 g/mol. The topological polar surface area (TPSA) is 84.6 Å². The van der Waals surface area contributed by atoms with E-state index >= 15 is 0 Å². The lowest BCUT2D eigenvalue weighted by atomic mass is 10.1. The Balaban J connectivity index is 1.73. The Hall–Kier alpha value is -2.13. The molecule has 2 heterocycles. The number of hydrogen-bond donors (Lipinski definition) is 0. The number of hydrogen-bond acceptors (Lipinski definition) is 4. The van der Waals surface area contributed by atoms with E-state index in [0.29, 0.717) is 26.2 Å². The number of rotatable bonds is 3. The van der Waals surface area contributed by atoms with Crippen LogP contribution < -0.4 is 5.69 Å². The van der Waals surface area contributed by atoms with Crippen LogP contribution in [0.15, 0.2) is 23.0 Å². The molecule has 0 radical (unpaired) electrons. The fraction of sp³-hybridized carbons (Fsp3) is 0.500. The smallest absolute Gasteiger partial charge is 0.328 e. The maximum Gasteiger partial charge on any atom is 0.328 e. The van der Waals surface area contributed by atoms with Gasteiger partial charge in [0.05, 0.1) is 23.7 Å². The van der Waals surface area contributed by atoms with E-state index in [1.165, 1.54) is 10.6 Å². The van der Waals surface area contributed by atoms with E-state index in [1.807, 2.05) is 18.2 Å². The van der Waals surface area contributed by atoms with Crippen molar-refractivity contribution in [3.63, 3.8) is 0 Å². The van der Waals surface area contributed by atoms with Crippen molar-refractivity contribution in [1.82, 2.24) is 18.3 Å². The summed E-state index contributed by atoms with van der Waals surface area (Å²) in [5, 5.41) is 0. The number of aryl methyl sites for hydroxylation is 2. The summed E-state index contributed by atoms with van der Waals surface area (Å²) in [6, 6.07) is 5.56. The summed E-state index contributed by atoms with van der Waals surface area (Å²) < 4.78 is 27.6. The van der Waals surface area contributed by atoms with Crippen LogP contribution in [0.1, 0.15) is 5.56 Å². The number of piperazine rings is 1. The Morgan fingerprint density at radius 2 is 1.64 bits per heavy atom. The fourth-order valence-corrected chi connectivity index (χ4v) is 4.04. The summed E-state index contributed by atoms with van der Waals surface area (Å²) in [6.45, 7) is 1.46. The molecule has 0 unspecified atom stereocenters. The lowest BCUT2D eigenvalue weighted by Gasteiger charge is -2.33. The van der Waals surface area contributed by atoms with Crippen molar-refractivity contribution < 1.29 is 13.2 Å². The second-order valence-electron chi connectivity index (χ2n) is 6.44. The minimum absolute atomic E-state index is 0.0339. The Morgan fingerprint density at radius 3 is 2.24 bits per heavy atom. The maximum atomic E-state index is 12.5. The molecule has 0 N–H and O–H groups in total. The third-order valence-electron chi connectivity index (χ3n) is 4.75. The third-order valence-corrected chi connectivity index (χ3v) is 6.06. The predicted octanol–water partition coefficient (Wildman–Crippen LogP) is -0.477. The van der Waals surface area contributed by atoms with Crippen LogP contribution >= 0.6 is 0 Å². The SMILES string of the molecule is Cn1c(=O)n(C)c2cc(CC(=O)N3CCN(S(C)(=O)=O)CC3)ccc21. The summed E-state index contributed by atoms with van der Waals surface area (Å²) in [6.07, 6.45) is 1.42. The highest BCUT2D eigenvalue weighted by Gasteiger charge is 2.26. The predicted molar refractivity (Wildman–Crippen MR) is 94.9 cm³/mol. The molecule has 0 spiro atoms. The molecule has 0 bridgehead atoms. The lowest BCUT2D eigenvalue weighted by molar-refractivity contribution is -0.131. The highest BCUT2D eigenvalue weighted by Crippen LogP contribution is 2.16. The number of imidazole rings is 1. The summed E-state index contributed by atoms with van der Waals surface area (Å²) >= 11 is 0. The number of nitrogens with zero attached hydrogens (tertiary/aromatic N) is 4. The normalized spacial score (nSPS) is 16.5. The van der Waals surface area contributed by atoms with Crippen LogP contribution in [0, 0.1) is 0 Å². The first-order valence-corrected chi connectivity index (χ1v) is 9.90. The van der Waals surface area contributed by atoms with E-state index in [4.69, 9.17) is 0 Å². The standard InChI is InChI=1S/C16H22N4O4S/c1-17-13-5-4-12(10-14(13)18(2)16(17)22)11-15(21)19-6-8-20(9-7-19)25(3,23)24/h4-5,10H,6-9,11H2,1-3H3. The average molecular weight is 366 g/mol. The van der Waals surface area contributed by atoms with Crippen LogP contribution in [0.25, 0.3) is 11.0 Å². The first-order chi connectivity index (χ1) is 11.7. The largest absolute Gasteiger partial charge is 0.340 e. The maximum absolute atomic E-state index is 12.5. The van der Waals surface area contributed by atoms with Gasteiger partial charge in [-0.15, -0.1) is 0 Å². The van der Waals surface area contributed by atoms with E-state index in [0.717, 1.165) is 16.6 Å². The molecule has 8 nitrogen and oxygen atoms in total. The van der Waals surface area contributed by atoms with Gasteiger partial charge in [0.1, 0.15) is 0 Å². The van der Waals surface area contributed by atoms with Gasteiger partial charge in [0, 0.05) is 40.3 Å². The van der Waals surface area contributed by atoms with E-state index in [1.54, 1.807) is 28.1 Å². The number of fused-ring (bicyclic) bond motifs is 1. The first-order valence-electron chi connectivity index (χ1n) is 8.05. The van der Waals surface area contributed by atoms with Crippen LogP contribution in [0.3, 0.4) is 0 Å². The van der Waals surface area contributed by atoms with Crippen molar-refractivity contribution in [2.45, 2.75) is 6.42 Å². The van der Waals surface area contributed by atoms with Crippen LogP contribution in [0.2, 0.25) is 0 Å². The molecule has 0 aliphatic carbocycles. The molecule has 0 saturated carbocycles. The molecule has 25 heavy (non-hydrogen) atoms. The highest BCUT2D eigenvalue weighted by atomic mass is 32.2. The van der Waals surface area contributed by atoms with Crippen molar-refractivity contribution >= 4 is 27.0 Å². The molecule has 1 fully saturated rings. The van der Waals surface area contributed by atoms with Gasteiger partial charge in [-0.25, -0.2) is 13.2 Å². The van der Waals surface area contributed by atoms with Crippen LogP contribution in [0.5, 0.6) is 0 Å². The lowest BCUT2D eigenvalue weighted by Crippen LogP contribution is -2.50.